The predicted octanol–water partition coefficient (Wildman–Crippen LogP) is 5.17. The van der Waals surface area contributed by atoms with E-state index in [2.05, 4.69) is 44.5 Å². The third-order valence-electron chi connectivity index (χ3n) is 5.26. The number of nitrogens with zero attached hydrogens (tertiary/aromatic N) is 1. The summed E-state index contributed by atoms with van der Waals surface area (Å²) in [5.74, 6) is 0.828. The third kappa shape index (κ3) is 4.63. The van der Waals surface area contributed by atoms with Crippen LogP contribution in [0.3, 0.4) is 0 Å². The summed E-state index contributed by atoms with van der Waals surface area (Å²) in [6.07, 6.45) is 7.66. The zero-order valence-corrected chi connectivity index (χ0v) is 17.2. The molecule has 140 valence electrons. The number of anilines is 1. The molecule has 1 aliphatic carbocycles. The van der Waals surface area contributed by atoms with E-state index in [0.717, 1.165) is 52.9 Å². The van der Waals surface area contributed by atoms with E-state index in [1.54, 1.807) is 13.1 Å². The fourth-order valence-electron chi connectivity index (χ4n) is 3.79. The van der Waals surface area contributed by atoms with Crippen LogP contribution in [0.2, 0.25) is 0 Å². The van der Waals surface area contributed by atoms with Crippen molar-refractivity contribution in [1.29, 1.82) is 0 Å². The highest BCUT2D eigenvalue weighted by molar-refractivity contribution is 9.10. The van der Waals surface area contributed by atoms with Crippen LogP contribution >= 0.6 is 15.9 Å². The Labute approximate surface area is 164 Å². The minimum absolute atomic E-state index is 0.0549. The van der Waals surface area contributed by atoms with Crippen LogP contribution in [0, 0.1) is 5.92 Å². The monoisotopic (exact) mass is 417 g/mol. The van der Waals surface area contributed by atoms with Crippen molar-refractivity contribution in [3.63, 3.8) is 0 Å². The SMILES string of the molecule is CCCNCC1CCC(Nc2c(C(C)=O)cnc3ccc(Br)cc23)CC1. The average molecular weight is 418 g/mol. The highest BCUT2D eigenvalue weighted by atomic mass is 79.9. The smallest absolute Gasteiger partial charge is 0.163 e. The van der Waals surface area contributed by atoms with Crippen molar-refractivity contribution in [2.45, 2.75) is 52.0 Å². The molecule has 4 nitrogen and oxygen atoms in total. The van der Waals surface area contributed by atoms with Crippen LogP contribution in [0.25, 0.3) is 10.9 Å². The van der Waals surface area contributed by atoms with Gasteiger partial charge in [0, 0.05) is 22.1 Å². The van der Waals surface area contributed by atoms with Gasteiger partial charge in [-0.25, -0.2) is 0 Å². The van der Waals surface area contributed by atoms with Gasteiger partial charge in [0.1, 0.15) is 0 Å². The first-order valence-corrected chi connectivity index (χ1v) is 10.4. The van der Waals surface area contributed by atoms with Gasteiger partial charge in [-0.2, -0.15) is 0 Å². The van der Waals surface area contributed by atoms with Crippen LogP contribution in [0.4, 0.5) is 5.69 Å². The fraction of sp³-hybridized carbons (Fsp3) is 0.524. The molecule has 1 aliphatic rings. The van der Waals surface area contributed by atoms with Crippen LogP contribution < -0.4 is 10.6 Å². The minimum Gasteiger partial charge on any atom is -0.381 e. The largest absolute Gasteiger partial charge is 0.381 e. The Balaban J connectivity index is 1.75. The van der Waals surface area contributed by atoms with E-state index in [1.807, 2.05) is 12.1 Å². The summed E-state index contributed by atoms with van der Waals surface area (Å²) in [5, 5.41) is 8.24. The molecule has 1 aromatic heterocycles. The first-order chi connectivity index (χ1) is 12.6. The number of ketones is 1. The molecule has 0 radical (unpaired) electrons. The maximum absolute atomic E-state index is 12.1. The molecule has 0 bridgehead atoms. The maximum atomic E-state index is 12.1. The van der Waals surface area contributed by atoms with E-state index in [9.17, 15) is 4.79 Å². The van der Waals surface area contributed by atoms with Crippen molar-refractivity contribution in [3.8, 4) is 0 Å². The van der Waals surface area contributed by atoms with Gasteiger partial charge in [-0.15, -0.1) is 0 Å². The molecule has 0 aliphatic heterocycles. The van der Waals surface area contributed by atoms with Gasteiger partial charge in [0.2, 0.25) is 0 Å². The molecule has 26 heavy (non-hydrogen) atoms. The zero-order valence-electron chi connectivity index (χ0n) is 15.6. The van der Waals surface area contributed by atoms with Gasteiger partial charge < -0.3 is 10.6 Å². The number of carbonyl (C=O) groups is 1. The second-order valence-corrected chi connectivity index (χ2v) is 8.25. The van der Waals surface area contributed by atoms with Crippen LogP contribution in [0.15, 0.2) is 28.9 Å². The molecule has 0 atom stereocenters. The summed E-state index contributed by atoms with van der Waals surface area (Å²) in [6.45, 7) is 6.06. The molecule has 1 fully saturated rings. The summed E-state index contributed by atoms with van der Waals surface area (Å²) >= 11 is 3.54. The Hall–Kier alpha value is -1.46. The van der Waals surface area contributed by atoms with E-state index in [0.29, 0.717) is 11.6 Å². The van der Waals surface area contributed by atoms with Gasteiger partial charge >= 0.3 is 0 Å². The van der Waals surface area contributed by atoms with Crippen molar-refractivity contribution in [2.75, 3.05) is 18.4 Å². The van der Waals surface area contributed by atoms with E-state index in [4.69, 9.17) is 0 Å². The Morgan fingerprint density at radius 1 is 1.27 bits per heavy atom. The summed E-state index contributed by atoms with van der Waals surface area (Å²) in [7, 11) is 0. The molecular weight excluding hydrogens is 390 g/mol. The lowest BCUT2D eigenvalue weighted by Crippen LogP contribution is -2.32. The summed E-state index contributed by atoms with van der Waals surface area (Å²) in [5.41, 5.74) is 2.54. The molecular formula is C21H28BrN3O. The van der Waals surface area contributed by atoms with Gasteiger partial charge in [0.15, 0.2) is 5.78 Å². The highest BCUT2D eigenvalue weighted by Gasteiger charge is 2.23. The molecule has 1 heterocycles. The number of rotatable bonds is 7. The van der Waals surface area contributed by atoms with Gasteiger partial charge in [-0.05, 0) is 76.2 Å². The topological polar surface area (TPSA) is 54.0 Å². The summed E-state index contributed by atoms with van der Waals surface area (Å²) in [6, 6.07) is 6.45. The van der Waals surface area contributed by atoms with Crippen LogP contribution in [0.5, 0.6) is 0 Å². The third-order valence-corrected chi connectivity index (χ3v) is 5.76. The number of hydrogen-bond donors (Lipinski definition) is 2. The number of halogens is 1. The fourth-order valence-corrected chi connectivity index (χ4v) is 4.15. The number of carbonyl (C=O) groups excluding carboxylic acids is 1. The van der Waals surface area contributed by atoms with E-state index in [-0.39, 0.29) is 5.78 Å². The van der Waals surface area contributed by atoms with Crippen molar-refractivity contribution in [3.05, 3.63) is 34.4 Å². The lowest BCUT2D eigenvalue weighted by molar-refractivity contribution is 0.101. The summed E-state index contributed by atoms with van der Waals surface area (Å²) < 4.78 is 1.00. The number of pyridine rings is 1. The maximum Gasteiger partial charge on any atom is 0.163 e. The quantitative estimate of drug-likeness (QED) is 0.481. The number of aromatic nitrogens is 1. The summed E-state index contributed by atoms with van der Waals surface area (Å²) in [4.78, 5) is 16.6. The Bertz CT molecular complexity index is 769. The molecule has 0 unspecified atom stereocenters. The van der Waals surface area contributed by atoms with Crippen molar-refractivity contribution >= 4 is 38.3 Å². The van der Waals surface area contributed by atoms with Gasteiger partial charge in [-0.1, -0.05) is 22.9 Å². The van der Waals surface area contributed by atoms with E-state index in [1.165, 1.54) is 19.3 Å². The Morgan fingerprint density at radius 2 is 2.04 bits per heavy atom. The molecule has 0 spiro atoms. The lowest BCUT2D eigenvalue weighted by atomic mass is 9.85. The number of hydrogen-bond acceptors (Lipinski definition) is 4. The number of benzene rings is 1. The van der Waals surface area contributed by atoms with E-state index < -0.39 is 0 Å². The molecule has 2 N–H and O–H groups in total. The number of Topliss-reactive ketones (excluding diaryl/α,β-unsaturated/α-hetero) is 1. The van der Waals surface area contributed by atoms with Gasteiger partial charge in [0.05, 0.1) is 16.8 Å². The van der Waals surface area contributed by atoms with Crippen molar-refractivity contribution in [2.24, 2.45) is 5.92 Å². The number of fused-ring (bicyclic) bond motifs is 1. The van der Waals surface area contributed by atoms with Crippen LogP contribution in [-0.4, -0.2) is 29.9 Å². The molecule has 1 aromatic carbocycles. The van der Waals surface area contributed by atoms with Crippen molar-refractivity contribution < 1.29 is 4.79 Å². The standard InChI is InChI=1S/C21H28BrN3O/c1-3-10-23-12-15-4-7-17(8-5-15)25-21-18-11-16(22)6-9-20(18)24-13-19(21)14(2)26/h6,9,11,13,15,17,23H,3-5,7-8,10,12H2,1-2H3,(H,24,25). The first kappa shape index (κ1) is 19.3. The highest BCUT2D eigenvalue weighted by Crippen LogP contribution is 2.32. The number of nitrogens with one attached hydrogen (secondary N) is 2. The van der Waals surface area contributed by atoms with E-state index >= 15 is 0 Å². The Kier molecular flexibility index (Phi) is 6.65. The first-order valence-electron chi connectivity index (χ1n) is 9.65. The zero-order chi connectivity index (χ0) is 18.5. The second kappa shape index (κ2) is 8.96. The van der Waals surface area contributed by atoms with Crippen LogP contribution in [-0.2, 0) is 0 Å². The molecule has 0 saturated heterocycles. The van der Waals surface area contributed by atoms with Gasteiger partial charge in [0.25, 0.3) is 0 Å². The predicted molar refractivity (Wildman–Crippen MR) is 112 cm³/mol. The minimum atomic E-state index is 0.0549. The molecule has 0 amide bonds. The second-order valence-electron chi connectivity index (χ2n) is 7.33. The average Bonchev–Trinajstić information content (AvgIpc) is 2.63. The molecule has 1 saturated carbocycles. The van der Waals surface area contributed by atoms with Crippen LogP contribution in [0.1, 0.15) is 56.3 Å². The van der Waals surface area contributed by atoms with Crippen molar-refractivity contribution in [1.82, 2.24) is 10.3 Å². The lowest BCUT2D eigenvalue weighted by Gasteiger charge is -2.30. The molecule has 3 rings (SSSR count). The Morgan fingerprint density at radius 3 is 2.73 bits per heavy atom. The molecule has 5 heteroatoms. The normalized spacial score (nSPS) is 20.3. The van der Waals surface area contributed by atoms with Gasteiger partial charge in [-0.3, -0.25) is 9.78 Å². The molecule has 2 aromatic rings.